The molecule has 0 aliphatic heterocycles. The third kappa shape index (κ3) is 4.85. The molecule has 1 rings (SSSR count). The van der Waals surface area contributed by atoms with E-state index in [2.05, 4.69) is 5.32 Å². The fourth-order valence-electron chi connectivity index (χ4n) is 1.82. The maximum absolute atomic E-state index is 12.0. The summed E-state index contributed by atoms with van der Waals surface area (Å²) >= 11 is 13.4. The minimum Gasteiger partial charge on any atom is -0.468 e. The highest BCUT2D eigenvalue weighted by Gasteiger charge is 2.34. The topological polar surface area (TPSA) is 38.3 Å². The van der Waals surface area contributed by atoms with Crippen molar-refractivity contribution in [1.29, 1.82) is 0 Å². The molecule has 6 heteroatoms. The van der Waals surface area contributed by atoms with Gasteiger partial charge in [0, 0.05) is 16.7 Å². The molecule has 0 bridgehead atoms. The lowest BCUT2D eigenvalue weighted by atomic mass is 10.0. The van der Waals surface area contributed by atoms with Crippen molar-refractivity contribution < 1.29 is 9.53 Å². The SMILES string of the molecule is COC(=O)C(C)(CSc1ccc(Cl)c(Cl)c1)NC(C)C. The van der Waals surface area contributed by atoms with Crippen LogP contribution in [0, 0.1) is 0 Å². The number of hydrogen-bond acceptors (Lipinski definition) is 4. The van der Waals surface area contributed by atoms with Crippen molar-refractivity contribution >= 4 is 40.9 Å². The number of ether oxygens (including phenoxy) is 1. The Labute approximate surface area is 134 Å². The van der Waals surface area contributed by atoms with Crippen LogP contribution in [0.5, 0.6) is 0 Å². The van der Waals surface area contributed by atoms with Crippen molar-refractivity contribution in [3.63, 3.8) is 0 Å². The molecule has 1 unspecified atom stereocenters. The highest BCUT2D eigenvalue weighted by molar-refractivity contribution is 7.99. The fourth-order valence-corrected chi connectivity index (χ4v) is 3.20. The number of rotatable bonds is 6. The van der Waals surface area contributed by atoms with Crippen molar-refractivity contribution in [3.05, 3.63) is 28.2 Å². The van der Waals surface area contributed by atoms with E-state index in [1.165, 1.54) is 18.9 Å². The normalized spacial score (nSPS) is 14.2. The number of methoxy groups -OCH3 is 1. The molecule has 0 amide bonds. The minimum absolute atomic E-state index is 0.175. The van der Waals surface area contributed by atoms with E-state index in [1.54, 1.807) is 12.1 Å². The lowest BCUT2D eigenvalue weighted by Gasteiger charge is -2.29. The van der Waals surface area contributed by atoms with Crippen LogP contribution in [0.1, 0.15) is 20.8 Å². The molecular weight excluding hydrogens is 317 g/mol. The number of carbonyl (C=O) groups excluding carboxylic acids is 1. The van der Waals surface area contributed by atoms with Crippen molar-refractivity contribution in [2.75, 3.05) is 12.9 Å². The molecule has 1 aromatic carbocycles. The minimum atomic E-state index is -0.750. The van der Waals surface area contributed by atoms with Crippen LogP contribution in [-0.4, -0.2) is 30.4 Å². The van der Waals surface area contributed by atoms with Crippen molar-refractivity contribution in [1.82, 2.24) is 5.32 Å². The molecule has 112 valence electrons. The number of hydrogen-bond donors (Lipinski definition) is 1. The zero-order valence-corrected chi connectivity index (χ0v) is 14.3. The molecule has 1 aromatic rings. The van der Waals surface area contributed by atoms with Crippen LogP contribution in [0.2, 0.25) is 10.0 Å². The van der Waals surface area contributed by atoms with Crippen LogP contribution in [0.15, 0.2) is 23.1 Å². The summed E-state index contributed by atoms with van der Waals surface area (Å²) in [7, 11) is 1.40. The smallest absolute Gasteiger partial charge is 0.326 e. The standard InChI is InChI=1S/C14H19Cl2NO2S/c1-9(2)17-14(3,13(18)19-4)8-20-10-5-6-11(15)12(16)7-10/h5-7,9,17H,8H2,1-4H3. The first-order valence-corrected chi connectivity index (χ1v) is 7.96. The quantitative estimate of drug-likeness (QED) is 0.629. The van der Waals surface area contributed by atoms with Gasteiger partial charge in [-0.2, -0.15) is 0 Å². The molecule has 0 saturated heterocycles. The third-order valence-corrected chi connectivity index (χ3v) is 4.71. The van der Waals surface area contributed by atoms with Crippen LogP contribution >= 0.6 is 35.0 Å². The van der Waals surface area contributed by atoms with E-state index in [4.69, 9.17) is 27.9 Å². The van der Waals surface area contributed by atoms with Gasteiger partial charge in [-0.1, -0.05) is 23.2 Å². The first-order chi connectivity index (χ1) is 9.28. The Morgan fingerprint density at radius 3 is 2.55 bits per heavy atom. The second kappa shape index (κ2) is 7.55. The van der Waals surface area contributed by atoms with Crippen LogP contribution < -0.4 is 5.32 Å². The zero-order chi connectivity index (χ0) is 15.3. The highest BCUT2D eigenvalue weighted by Crippen LogP contribution is 2.30. The summed E-state index contributed by atoms with van der Waals surface area (Å²) in [6, 6.07) is 5.60. The van der Waals surface area contributed by atoms with Crippen molar-refractivity contribution in [2.24, 2.45) is 0 Å². The molecule has 0 aromatic heterocycles. The first kappa shape index (κ1) is 17.6. The molecule has 1 atom stereocenters. The maximum atomic E-state index is 12.0. The maximum Gasteiger partial charge on any atom is 0.326 e. The Hall–Kier alpha value is -0.420. The molecule has 0 fully saturated rings. The summed E-state index contributed by atoms with van der Waals surface area (Å²) < 4.78 is 4.89. The number of thioether (sulfide) groups is 1. The lowest BCUT2D eigenvalue weighted by Crippen LogP contribution is -2.54. The Balaban J connectivity index is 2.80. The summed E-state index contributed by atoms with van der Waals surface area (Å²) in [6.45, 7) is 5.82. The van der Waals surface area contributed by atoms with Gasteiger partial charge in [-0.25, -0.2) is 0 Å². The van der Waals surface area contributed by atoms with Gasteiger partial charge in [-0.05, 0) is 39.0 Å². The van der Waals surface area contributed by atoms with Crippen molar-refractivity contribution in [2.45, 2.75) is 37.2 Å². The van der Waals surface area contributed by atoms with Gasteiger partial charge in [0.1, 0.15) is 5.54 Å². The van der Waals surface area contributed by atoms with Gasteiger partial charge >= 0.3 is 5.97 Å². The number of nitrogens with one attached hydrogen (secondary N) is 1. The van der Waals surface area contributed by atoms with E-state index in [0.29, 0.717) is 15.8 Å². The van der Waals surface area contributed by atoms with Gasteiger partial charge in [-0.3, -0.25) is 10.1 Å². The summed E-state index contributed by atoms with van der Waals surface area (Å²) in [6.07, 6.45) is 0. The average Bonchev–Trinajstić information content (AvgIpc) is 2.38. The summed E-state index contributed by atoms with van der Waals surface area (Å²) in [5.74, 6) is 0.259. The molecule has 1 N–H and O–H groups in total. The third-order valence-electron chi connectivity index (χ3n) is 2.66. The van der Waals surface area contributed by atoms with Crippen LogP contribution in [0.4, 0.5) is 0 Å². The van der Waals surface area contributed by atoms with E-state index in [9.17, 15) is 4.79 Å². The van der Waals surface area contributed by atoms with Gasteiger partial charge < -0.3 is 4.74 Å². The second-order valence-corrected chi connectivity index (χ2v) is 6.85. The summed E-state index contributed by atoms with van der Waals surface area (Å²) in [5.41, 5.74) is -0.750. The van der Waals surface area contributed by atoms with E-state index in [-0.39, 0.29) is 12.0 Å². The highest BCUT2D eigenvalue weighted by atomic mass is 35.5. The lowest BCUT2D eigenvalue weighted by molar-refractivity contribution is -0.147. The van der Waals surface area contributed by atoms with Gasteiger partial charge in [0.15, 0.2) is 0 Å². The van der Waals surface area contributed by atoms with E-state index < -0.39 is 5.54 Å². The molecule has 0 heterocycles. The molecule has 20 heavy (non-hydrogen) atoms. The molecule has 0 aliphatic carbocycles. The fraction of sp³-hybridized carbons (Fsp3) is 0.500. The molecule has 0 saturated carbocycles. The molecule has 0 radical (unpaired) electrons. The Morgan fingerprint density at radius 1 is 1.40 bits per heavy atom. The van der Waals surface area contributed by atoms with Crippen LogP contribution in [0.25, 0.3) is 0 Å². The van der Waals surface area contributed by atoms with E-state index in [1.807, 2.05) is 26.8 Å². The number of halogens is 2. The Kier molecular flexibility index (Phi) is 6.65. The molecule has 0 spiro atoms. The number of benzene rings is 1. The Morgan fingerprint density at radius 2 is 2.05 bits per heavy atom. The summed E-state index contributed by atoms with van der Waals surface area (Å²) in [4.78, 5) is 12.9. The van der Waals surface area contributed by atoms with Crippen LogP contribution in [-0.2, 0) is 9.53 Å². The molecule has 3 nitrogen and oxygen atoms in total. The monoisotopic (exact) mass is 335 g/mol. The van der Waals surface area contributed by atoms with E-state index in [0.717, 1.165) is 4.90 Å². The second-order valence-electron chi connectivity index (χ2n) is 4.99. The predicted octanol–water partition coefficient (Wildman–Crippen LogP) is 4.02. The van der Waals surface area contributed by atoms with Gasteiger partial charge in [-0.15, -0.1) is 11.8 Å². The van der Waals surface area contributed by atoms with Gasteiger partial charge in [0.05, 0.1) is 17.2 Å². The summed E-state index contributed by atoms with van der Waals surface area (Å²) in [5, 5.41) is 4.28. The number of carbonyl (C=O) groups is 1. The van der Waals surface area contributed by atoms with Gasteiger partial charge in [0.25, 0.3) is 0 Å². The van der Waals surface area contributed by atoms with Crippen LogP contribution in [0.3, 0.4) is 0 Å². The predicted molar refractivity (Wildman–Crippen MR) is 85.9 cm³/mol. The average molecular weight is 336 g/mol. The van der Waals surface area contributed by atoms with Crippen molar-refractivity contribution in [3.8, 4) is 0 Å². The largest absolute Gasteiger partial charge is 0.468 e. The molecule has 0 aliphatic rings. The Bertz CT molecular complexity index is 482. The molecular formula is C14H19Cl2NO2S. The zero-order valence-electron chi connectivity index (χ0n) is 12.0. The van der Waals surface area contributed by atoms with Gasteiger partial charge in [0.2, 0.25) is 0 Å². The van der Waals surface area contributed by atoms with E-state index >= 15 is 0 Å². The first-order valence-electron chi connectivity index (χ1n) is 6.22. The number of esters is 1.